The minimum atomic E-state index is -0.0922. The molecular weight excluding hydrogens is 356 g/mol. The summed E-state index contributed by atoms with van der Waals surface area (Å²) in [6.45, 7) is 1.78. The van der Waals surface area contributed by atoms with E-state index in [2.05, 4.69) is 15.1 Å². The largest absolute Gasteiger partial charge is 0.380 e. The van der Waals surface area contributed by atoms with Crippen LogP contribution >= 0.6 is 11.6 Å². The van der Waals surface area contributed by atoms with E-state index < -0.39 is 0 Å². The van der Waals surface area contributed by atoms with Crippen LogP contribution in [0.2, 0.25) is 5.15 Å². The van der Waals surface area contributed by atoms with E-state index in [1.54, 1.807) is 20.3 Å². The molecule has 1 aromatic rings. The maximum absolute atomic E-state index is 6.37. The van der Waals surface area contributed by atoms with Crippen molar-refractivity contribution in [2.45, 2.75) is 57.0 Å². The maximum atomic E-state index is 6.37. The van der Waals surface area contributed by atoms with Crippen LogP contribution in [0, 0.1) is 5.92 Å². The van der Waals surface area contributed by atoms with E-state index in [0.717, 1.165) is 57.3 Å². The number of nitrogens with zero attached hydrogens (tertiary/aromatic N) is 3. The minimum Gasteiger partial charge on any atom is -0.380 e. The zero-order valence-corrected chi connectivity index (χ0v) is 16.3. The Labute approximate surface area is 160 Å². The van der Waals surface area contributed by atoms with Crippen LogP contribution in [0.15, 0.2) is 6.07 Å². The van der Waals surface area contributed by atoms with Crippen LogP contribution in [0.5, 0.6) is 0 Å². The first-order valence-electron chi connectivity index (χ1n) is 9.35. The highest BCUT2D eigenvalue weighted by Gasteiger charge is 2.30. The van der Waals surface area contributed by atoms with Crippen molar-refractivity contribution in [2.75, 3.05) is 37.9 Å². The van der Waals surface area contributed by atoms with Crippen LogP contribution in [0.3, 0.4) is 0 Å². The minimum absolute atomic E-state index is 0.0922. The summed E-state index contributed by atoms with van der Waals surface area (Å²) in [4.78, 5) is 2.22. The van der Waals surface area contributed by atoms with E-state index in [1.165, 1.54) is 0 Å². The Balaban J connectivity index is 1.44. The lowest BCUT2D eigenvalue weighted by atomic mass is 9.86. The van der Waals surface area contributed by atoms with Gasteiger partial charge in [-0.2, -0.15) is 0 Å². The average Bonchev–Trinajstić information content (AvgIpc) is 2.67. The number of nitrogen functional groups attached to an aromatic ring is 1. The van der Waals surface area contributed by atoms with Crippen LogP contribution in [0.1, 0.15) is 38.5 Å². The van der Waals surface area contributed by atoms with Gasteiger partial charge in [0.25, 0.3) is 0 Å². The molecule has 1 saturated heterocycles. The third-order valence-corrected chi connectivity index (χ3v) is 5.69. The normalized spacial score (nSPS) is 25.0. The van der Waals surface area contributed by atoms with E-state index in [0.29, 0.717) is 29.1 Å². The molecule has 1 saturated carbocycles. The van der Waals surface area contributed by atoms with Gasteiger partial charge in [-0.3, -0.25) is 0 Å². The molecule has 2 N–H and O–H groups in total. The van der Waals surface area contributed by atoms with Crippen LogP contribution in [-0.2, 0) is 14.2 Å². The lowest BCUT2D eigenvalue weighted by molar-refractivity contribution is -0.153. The number of hydrogen-bond donors (Lipinski definition) is 1. The molecule has 3 rings (SSSR count). The topological polar surface area (TPSA) is 82.7 Å². The molecule has 1 aliphatic heterocycles. The zero-order valence-electron chi connectivity index (χ0n) is 15.6. The molecule has 26 heavy (non-hydrogen) atoms. The Hall–Kier alpha value is -1.15. The molecule has 146 valence electrons. The second-order valence-electron chi connectivity index (χ2n) is 7.14. The van der Waals surface area contributed by atoms with E-state index in [4.69, 9.17) is 31.5 Å². The molecule has 7 nitrogen and oxygen atoms in total. The fraction of sp³-hybridized carbons (Fsp3) is 0.778. The van der Waals surface area contributed by atoms with Gasteiger partial charge < -0.3 is 24.8 Å². The standard InChI is InChI=1S/C18H29ClN4O3/c1-24-18(25-2)12-3-5-13(6-4-12)26-14-7-9-23(10-8-14)15-11-16(19)21-22-17(15)20/h11-14,18H,3-10H2,1-2H3,(H2,20,22). The predicted octanol–water partition coefficient (Wildman–Crippen LogP) is 2.88. The monoisotopic (exact) mass is 384 g/mol. The van der Waals surface area contributed by atoms with Gasteiger partial charge in [0.15, 0.2) is 17.3 Å². The first-order chi connectivity index (χ1) is 12.6. The Morgan fingerprint density at radius 3 is 2.27 bits per heavy atom. The molecule has 0 unspecified atom stereocenters. The molecule has 0 bridgehead atoms. The Morgan fingerprint density at radius 1 is 1.04 bits per heavy atom. The number of anilines is 2. The summed E-state index contributed by atoms with van der Waals surface area (Å²) >= 11 is 5.95. The fourth-order valence-corrected chi connectivity index (χ4v) is 4.25. The summed E-state index contributed by atoms with van der Waals surface area (Å²) in [5.41, 5.74) is 6.81. The first-order valence-corrected chi connectivity index (χ1v) is 9.73. The maximum Gasteiger partial charge on any atom is 0.169 e. The zero-order chi connectivity index (χ0) is 18.5. The lowest BCUT2D eigenvalue weighted by Gasteiger charge is -2.37. The number of piperidine rings is 1. The van der Waals surface area contributed by atoms with Crippen molar-refractivity contribution in [3.05, 3.63) is 11.2 Å². The summed E-state index contributed by atoms with van der Waals surface area (Å²) in [6, 6.07) is 1.79. The summed E-state index contributed by atoms with van der Waals surface area (Å²) < 4.78 is 17.2. The van der Waals surface area contributed by atoms with Crippen LogP contribution in [0.25, 0.3) is 0 Å². The number of halogens is 1. The molecule has 0 aromatic carbocycles. The van der Waals surface area contributed by atoms with Crippen molar-refractivity contribution in [2.24, 2.45) is 5.92 Å². The average molecular weight is 385 g/mol. The molecule has 0 radical (unpaired) electrons. The third kappa shape index (κ3) is 4.76. The molecule has 8 heteroatoms. The van der Waals surface area contributed by atoms with Crippen molar-refractivity contribution >= 4 is 23.1 Å². The summed E-state index contributed by atoms with van der Waals surface area (Å²) in [5, 5.41) is 8.05. The van der Waals surface area contributed by atoms with Gasteiger partial charge in [-0.05, 0) is 38.5 Å². The van der Waals surface area contributed by atoms with Gasteiger partial charge in [0.05, 0.1) is 17.9 Å². The molecule has 0 atom stereocenters. The SMILES string of the molecule is COC(OC)C1CCC(OC2CCN(c3cc(Cl)nnc3N)CC2)CC1. The van der Waals surface area contributed by atoms with Gasteiger partial charge in [-0.25, -0.2) is 0 Å². The summed E-state index contributed by atoms with van der Waals surface area (Å²) in [7, 11) is 3.42. The molecule has 2 fully saturated rings. The summed E-state index contributed by atoms with van der Waals surface area (Å²) in [6.07, 6.45) is 6.86. The quantitative estimate of drug-likeness (QED) is 0.755. The number of hydrogen-bond acceptors (Lipinski definition) is 7. The first kappa shape index (κ1) is 19.6. The van der Waals surface area contributed by atoms with E-state index >= 15 is 0 Å². The van der Waals surface area contributed by atoms with Gasteiger partial charge in [0.1, 0.15) is 0 Å². The van der Waals surface area contributed by atoms with Crippen molar-refractivity contribution in [3.63, 3.8) is 0 Å². The highest BCUT2D eigenvalue weighted by molar-refractivity contribution is 6.29. The molecule has 1 aromatic heterocycles. The molecular formula is C18H29ClN4O3. The number of ether oxygens (including phenoxy) is 3. The smallest absolute Gasteiger partial charge is 0.169 e. The Morgan fingerprint density at radius 2 is 1.65 bits per heavy atom. The van der Waals surface area contributed by atoms with Crippen molar-refractivity contribution < 1.29 is 14.2 Å². The van der Waals surface area contributed by atoms with E-state index in [9.17, 15) is 0 Å². The molecule has 1 aliphatic carbocycles. The third-order valence-electron chi connectivity index (χ3n) is 5.51. The number of methoxy groups -OCH3 is 2. The molecule has 2 heterocycles. The van der Waals surface area contributed by atoms with Crippen molar-refractivity contribution in [3.8, 4) is 0 Å². The molecule has 2 aliphatic rings. The summed E-state index contributed by atoms with van der Waals surface area (Å²) in [5.74, 6) is 0.900. The van der Waals surface area contributed by atoms with Crippen LogP contribution in [-0.4, -0.2) is 56.0 Å². The second kappa shape index (κ2) is 9.17. The number of nitrogens with two attached hydrogens (primary N) is 1. The van der Waals surface area contributed by atoms with Crippen molar-refractivity contribution in [1.82, 2.24) is 10.2 Å². The van der Waals surface area contributed by atoms with Gasteiger partial charge >= 0.3 is 0 Å². The van der Waals surface area contributed by atoms with Crippen LogP contribution < -0.4 is 10.6 Å². The predicted molar refractivity (Wildman–Crippen MR) is 101 cm³/mol. The molecule has 0 amide bonds. The van der Waals surface area contributed by atoms with Crippen LogP contribution in [0.4, 0.5) is 11.5 Å². The Kier molecular flexibility index (Phi) is 6.92. The lowest BCUT2D eigenvalue weighted by Crippen LogP contribution is -2.40. The molecule has 0 spiro atoms. The second-order valence-corrected chi connectivity index (χ2v) is 7.52. The van der Waals surface area contributed by atoms with Gasteiger partial charge in [-0.1, -0.05) is 11.6 Å². The van der Waals surface area contributed by atoms with Gasteiger partial charge in [0.2, 0.25) is 0 Å². The van der Waals surface area contributed by atoms with Gasteiger partial charge in [-0.15, -0.1) is 10.2 Å². The Bertz CT molecular complexity index is 572. The highest BCUT2D eigenvalue weighted by atomic mass is 35.5. The number of aromatic nitrogens is 2. The van der Waals surface area contributed by atoms with Crippen molar-refractivity contribution in [1.29, 1.82) is 0 Å². The van der Waals surface area contributed by atoms with E-state index in [1.807, 2.05) is 0 Å². The van der Waals surface area contributed by atoms with E-state index in [-0.39, 0.29) is 6.29 Å². The highest BCUT2D eigenvalue weighted by Crippen LogP contribution is 2.32. The number of rotatable bonds is 6. The fourth-order valence-electron chi connectivity index (χ4n) is 4.10. The van der Waals surface area contributed by atoms with Gasteiger partial charge in [0, 0.05) is 39.3 Å².